The molecule has 0 aliphatic carbocycles. The monoisotopic (exact) mass is 476 g/mol. The normalized spacial score (nSPS) is 16.3. The molecule has 0 spiro atoms. The number of amides is 2. The van der Waals surface area contributed by atoms with Crippen molar-refractivity contribution in [1.82, 2.24) is 15.5 Å². The van der Waals surface area contributed by atoms with Gasteiger partial charge in [-0.15, -0.1) is 11.3 Å². The molecule has 2 aromatic carbocycles. The fourth-order valence-electron chi connectivity index (χ4n) is 3.99. The first-order valence-corrected chi connectivity index (χ1v) is 11.8. The van der Waals surface area contributed by atoms with Gasteiger partial charge in [-0.05, 0) is 60.2 Å². The van der Waals surface area contributed by atoms with Gasteiger partial charge >= 0.3 is 6.03 Å². The smallest absolute Gasteiger partial charge is 0.326 e. The molecule has 3 heterocycles. The molecule has 0 saturated heterocycles. The number of thiophene rings is 1. The molecule has 1 N–H and O–H groups in total. The average Bonchev–Trinajstić information content (AvgIpc) is 3.51. The fraction of sp³-hybridized carbons (Fsp3) is 0.160. The van der Waals surface area contributed by atoms with Crippen molar-refractivity contribution in [2.24, 2.45) is 0 Å². The number of carbonyl (C=O) groups excluding carboxylic acids is 1. The van der Waals surface area contributed by atoms with Crippen LogP contribution < -0.4 is 10.2 Å². The van der Waals surface area contributed by atoms with Gasteiger partial charge in [0.15, 0.2) is 0 Å². The molecule has 5 rings (SSSR count). The first kappa shape index (κ1) is 21.4. The lowest BCUT2D eigenvalue weighted by Crippen LogP contribution is -2.46. The minimum atomic E-state index is -0.487. The molecule has 33 heavy (non-hydrogen) atoms. The van der Waals surface area contributed by atoms with Crippen LogP contribution in [0.25, 0.3) is 16.3 Å². The number of allylic oxidation sites excluding steroid dienone is 1. The van der Waals surface area contributed by atoms with Crippen LogP contribution in [-0.2, 0) is 6.42 Å². The van der Waals surface area contributed by atoms with Gasteiger partial charge in [-0.3, -0.25) is 4.90 Å². The lowest BCUT2D eigenvalue weighted by Gasteiger charge is -2.35. The number of urea groups is 1. The van der Waals surface area contributed by atoms with Crippen molar-refractivity contribution in [3.63, 3.8) is 0 Å². The van der Waals surface area contributed by atoms with Gasteiger partial charge in [-0.25, -0.2) is 4.79 Å². The quantitative estimate of drug-likeness (QED) is 0.347. The molecule has 1 atom stereocenters. The third kappa shape index (κ3) is 4.05. The zero-order valence-electron chi connectivity index (χ0n) is 18.1. The largest absolute Gasteiger partial charge is 0.334 e. The van der Waals surface area contributed by atoms with E-state index in [0.717, 1.165) is 28.1 Å². The zero-order chi connectivity index (χ0) is 22.9. The summed E-state index contributed by atoms with van der Waals surface area (Å²) in [5.41, 5.74) is 4.25. The van der Waals surface area contributed by atoms with E-state index in [0.29, 0.717) is 22.4 Å². The third-order valence-corrected chi connectivity index (χ3v) is 6.77. The Labute approximate surface area is 200 Å². The van der Waals surface area contributed by atoms with E-state index in [2.05, 4.69) is 22.4 Å². The Bertz CT molecular complexity index is 1330. The van der Waals surface area contributed by atoms with Crippen molar-refractivity contribution in [2.75, 3.05) is 4.90 Å². The topological polar surface area (TPSA) is 71.3 Å². The molecule has 4 aromatic rings. The van der Waals surface area contributed by atoms with Gasteiger partial charge in [-0.2, -0.15) is 4.98 Å². The first-order chi connectivity index (χ1) is 16.0. The minimum Gasteiger partial charge on any atom is -0.334 e. The molecular weight excluding hydrogens is 456 g/mol. The van der Waals surface area contributed by atoms with E-state index in [4.69, 9.17) is 16.1 Å². The van der Waals surface area contributed by atoms with Gasteiger partial charge in [-0.1, -0.05) is 54.0 Å². The average molecular weight is 477 g/mol. The van der Waals surface area contributed by atoms with Gasteiger partial charge in [0.1, 0.15) is 0 Å². The standard InChI is InChI=1S/C25H21ClN4O2S/c1-3-16-9-11-19(12-10-16)30-15(2)21(24-28-23(29-32-24)20-8-5-13-33-20)22(27-25(30)31)17-6-4-7-18(26)14-17/h4-14,22H,3H2,1-2H3,(H,27,31). The summed E-state index contributed by atoms with van der Waals surface area (Å²) in [6.07, 6.45) is 0.927. The molecule has 166 valence electrons. The summed E-state index contributed by atoms with van der Waals surface area (Å²) in [7, 11) is 0. The Morgan fingerprint density at radius 3 is 2.67 bits per heavy atom. The molecule has 1 aliphatic rings. The van der Waals surface area contributed by atoms with Crippen molar-refractivity contribution in [3.8, 4) is 10.7 Å². The van der Waals surface area contributed by atoms with Crippen LogP contribution in [-0.4, -0.2) is 16.2 Å². The number of aryl methyl sites for hydroxylation is 1. The number of halogens is 1. The maximum absolute atomic E-state index is 13.3. The number of carbonyl (C=O) groups is 1. The van der Waals surface area contributed by atoms with E-state index in [9.17, 15) is 4.79 Å². The van der Waals surface area contributed by atoms with E-state index in [1.165, 1.54) is 16.9 Å². The van der Waals surface area contributed by atoms with Crippen LogP contribution in [0.5, 0.6) is 0 Å². The van der Waals surface area contributed by atoms with Crippen molar-refractivity contribution in [1.29, 1.82) is 0 Å². The van der Waals surface area contributed by atoms with E-state index in [1.54, 1.807) is 11.0 Å². The second-order valence-electron chi connectivity index (χ2n) is 7.69. The number of nitrogens with one attached hydrogen (secondary N) is 1. The highest BCUT2D eigenvalue weighted by Gasteiger charge is 2.36. The molecule has 1 aliphatic heterocycles. The molecule has 2 amide bonds. The van der Waals surface area contributed by atoms with Crippen molar-refractivity contribution < 1.29 is 9.32 Å². The number of hydrogen-bond acceptors (Lipinski definition) is 5. The summed E-state index contributed by atoms with van der Waals surface area (Å²) in [5, 5.41) is 9.84. The van der Waals surface area contributed by atoms with Gasteiger partial charge in [0.25, 0.3) is 5.89 Å². The summed E-state index contributed by atoms with van der Waals surface area (Å²) < 4.78 is 5.71. The highest BCUT2D eigenvalue weighted by Crippen LogP contribution is 2.39. The Balaban J connectivity index is 1.65. The van der Waals surface area contributed by atoms with Crippen molar-refractivity contribution in [2.45, 2.75) is 26.3 Å². The number of anilines is 1. The van der Waals surface area contributed by atoms with E-state index in [1.807, 2.05) is 66.9 Å². The summed E-state index contributed by atoms with van der Waals surface area (Å²) in [6, 6.07) is 18.5. The van der Waals surface area contributed by atoms with Gasteiger partial charge in [0.05, 0.1) is 22.2 Å². The number of nitrogens with zero attached hydrogens (tertiary/aromatic N) is 3. The van der Waals surface area contributed by atoms with E-state index in [-0.39, 0.29) is 6.03 Å². The number of aromatic nitrogens is 2. The first-order valence-electron chi connectivity index (χ1n) is 10.6. The lowest BCUT2D eigenvalue weighted by molar-refractivity contribution is 0.244. The van der Waals surface area contributed by atoms with Crippen molar-refractivity contribution >= 4 is 40.2 Å². The number of rotatable bonds is 5. The Morgan fingerprint density at radius 2 is 1.97 bits per heavy atom. The Kier molecular flexibility index (Phi) is 5.74. The zero-order valence-corrected chi connectivity index (χ0v) is 19.7. The maximum atomic E-state index is 13.3. The summed E-state index contributed by atoms with van der Waals surface area (Å²) in [6.45, 7) is 4.00. The van der Waals surface area contributed by atoms with Gasteiger partial charge in [0, 0.05) is 10.7 Å². The Morgan fingerprint density at radius 1 is 1.15 bits per heavy atom. The molecule has 0 radical (unpaired) electrons. The highest BCUT2D eigenvalue weighted by atomic mass is 35.5. The van der Waals surface area contributed by atoms with Crippen LogP contribution in [0.15, 0.2) is 76.3 Å². The van der Waals surface area contributed by atoms with Crippen LogP contribution >= 0.6 is 22.9 Å². The predicted molar refractivity (Wildman–Crippen MR) is 131 cm³/mol. The molecule has 0 saturated carbocycles. The van der Waals surface area contributed by atoms with Crippen LogP contribution in [0.1, 0.15) is 36.9 Å². The van der Waals surface area contributed by atoms with Crippen molar-refractivity contribution in [3.05, 3.63) is 93.8 Å². The highest BCUT2D eigenvalue weighted by molar-refractivity contribution is 7.13. The van der Waals surface area contributed by atoms with Gasteiger partial charge < -0.3 is 9.84 Å². The van der Waals surface area contributed by atoms with E-state index < -0.39 is 6.04 Å². The molecule has 0 bridgehead atoms. The SMILES string of the molecule is CCc1ccc(N2C(=O)NC(c3cccc(Cl)c3)C(c3nc(-c4cccs4)no3)=C2C)cc1. The second kappa shape index (κ2) is 8.84. The summed E-state index contributed by atoms with van der Waals surface area (Å²) in [5.74, 6) is 0.872. The molecular formula is C25H21ClN4O2S. The fourth-order valence-corrected chi connectivity index (χ4v) is 4.83. The van der Waals surface area contributed by atoms with Crippen LogP contribution in [0, 0.1) is 0 Å². The maximum Gasteiger partial charge on any atom is 0.326 e. The molecule has 6 nitrogen and oxygen atoms in total. The van der Waals surface area contributed by atoms with Crippen LogP contribution in [0.4, 0.5) is 10.5 Å². The number of benzene rings is 2. The molecule has 2 aromatic heterocycles. The van der Waals surface area contributed by atoms with Crippen LogP contribution in [0.3, 0.4) is 0 Å². The van der Waals surface area contributed by atoms with E-state index >= 15 is 0 Å². The van der Waals surface area contributed by atoms with Gasteiger partial charge in [0.2, 0.25) is 5.82 Å². The molecule has 8 heteroatoms. The third-order valence-electron chi connectivity index (χ3n) is 5.67. The summed E-state index contributed by atoms with van der Waals surface area (Å²) in [4.78, 5) is 20.5. The minimum absolute atomic E-state index is 0.233. The lowest BCUT2D eigenvalue weighted by atomic mass is 9.94. The van der Waals surface area contributed by atoms with Crippen LogP contribution in [0.2, 0.25) is 5.02 Å². The second-order valence-corrected chi connectivity index (χ2v) is 9.08. The Hall–Kier alpha value is -3.42. The molecule has 1 unspecified atom stereocenters. The molecule has 0 fully saturated rings. The predicted octanol–water partition coefficient (Wildman–Crippen LogP) is 6.72. The number of hydrogen-bond donors (Lipinski definition) is 1. The summed E-state index contributed by atoms with van der Waals surface area (Å²) >= 11 is 7.80.